The first-order valence-corrected chi connectivity index (χ1v) is 5.30. The fourth-order valence-electron chi connectivity index (χ4n) is 0.214. The summed E-state index contributed by atoms with van der Waals surface area (Å²) >= 11 is 0. The molecule has 0 N–H and O–H groups in total. The standard InChI is InChI=1S/C3H8O2S2/c1-3-6-7(2,4)5/h3H2,1-2H3. The van der Waals surface area contributed by atoms with Gasteiger partial charge in [-0.3, -0.25) is 0 Å². The first kappa shape index (κ1) is 7.30. The highest BCUT2D eigenvalue weighted by Gasteiger charge is 1.96. The minimum atomic E-state index is -2.76. The van der Waals surface area contributed by atoms with Crippen LogP contribution in [0.25, 0.3) is 0 Å². The molecule has 0 spiro atoms. The van der Waals surface area contributed by atoms with Gasteiger partial charge in [0.25, 0.3) is 0 Å². The molecule has 0 aromatic rings. The monoisotopic (exact) mass is 140 g/mol. The van der Waals surface area contributed by atoms with E-state index in [1.54, 1.807) is 0 Å². The molecule has 0 saturated carbocycles. The summed E-state index contributed by atoms with van der Waals surface area (Å²) in [5.74, 6) is 0.638. The van der Waals surface area contributed by atoms with Gasteiger partial charge in [-0.2, -0.15) is 0 Å². The van der Waals surface area contributed by atoms with Crippen molar-refractivity contribution in [3.05, 3.63) is 0 Å². The van der Waals surface area contributed by atoms with Crippen molar-refractivity contribution in [2.24, 2.45) is 0 Å². The fraction of sp³-hybridized carbons (Fsp3) is 1.00. The third-order valence-corrected chi connectivity index (χ3v) is 2.99. The normalized spacial score (nSPS) is 11.7. The second-order valence-corrected chi connectivity index (χ2v) is 5.86. The summed E-state index contributed by atoms with van der Waals surface area (Å²) in [6.45, 7) is 1.81. The Morgan fingerprint density at radius 1 is 1.57 bits per heavy atom. The van der Waals surface area contributed by atoms with Crippen LogP contribution in [0, 0.1) is 0 Å². The Bertz CT molecular complexity index is 124. The van der Waals surface area contributed by atoms with Crippen LogP contribution in [0.15, 0.2) is 0 Å². The van der Waals surface area contributed by atoms with Crippen LogP contribution in [0.3, 0.4) is 0 Å². The van der Waals surface area contributed by atoms with Crippen LogP contribution in [0.1, 0.15) is 6.92 Å². The van der Waals surface area contributed by atoms with Crippen LogP contribution in [0.5, 0.6) is 0 Å². The molecule has 0 aliphatic carbocycles. The van der Waals surface area contributed by atoms with Gasteiger partial charge in [0.1, 0.15) is 0 Å². The van der Waals surface area contributed by atoms with E-state index in [1.165, 1.54) is 6.26 Å². The summed E-state index contributed by atoms with van der Waals surface area (Å²) in [5.41, 5.74) is 0. The van der Waals surface area contributed by atoms with Gasteiger partial charge in [0, 0.05) is 12.0 Å². The molecule has 0 aliphatic rings. The topological polar surface area (TPSA) is 34.1 Å². The molecular formula is C3H8O2S2. The minimum Gasteiger partial charge on any atom is -0.218 e. The molecule has 4 heteroatoms. The van der Waals surface area contributed by atoms with Gasteiger partial charge in [0.2, 0.25) is 0 Å². The largest absolute Gasteiger partial charge is 0.218 e. The minimum absolute atomic E-state index is 0.638. The molecule has 0 amide bonds. The SMILES string of the molecule is CCSS(C)(=O)=O. The molecule has 0 heterocycles. The second-order valence-electron chi connectivity index (χ2n) is 1.11. The zero-order chi connectivity index (χ0) is 5.91. The number of hydrogen-bond acceptors (Lipinski definition) is 3. The van der Waals surface area contributed by atoms with Gasteiger partial charge in [-0.15, -0.1) is 0 Å². The van der Waals surface area contributed by atoms with E-state index in [-0.39, 0.29) is 0 Å². The van der Waals surface area contributed by atoms with E-state index in [0.717, 1.165) is 10.8 Å². The highest BCUT2D eigenvalue weighted by Crippen LogP contribution is 2.06. The summed E-state index contributed by atoms with van der Waals surface area (Å²) < 4.78 is 20.4. The summed E-state index contributed by atoms with van der Waals surface area (Å²) in [7, 11) is -1.80. The smallest absolute Gasteiger partial charge is 0.198 e. The summed E-state index contributed by atoms with van der Waals surface area (Å²) in [5, 5.41) is 0. The zero-order valence-electron chi connectivity index (χ0n) is 4.34. The molecule has 2 nitrogen and oxygen atoms in total. The van der Waals surface area contributed by atoms with Crippen molar-refractivity contribution in [2.75, 3.05) is 12.0 Å². The molecule has 0 aromatic heterocycles. The molecular weight excluding hydrogens is 132 g/mol. The lowest BCUT2D eigenvalue weighted by Crippen LogP contribution is -1.86. The van der Waals surface area contributed by atoms with Crippen molar-refractivity contribution in [3.8, 4) is 0 Å². The molecule has 0 aliphatic heterocycles. The van der Waals surface area contributed by atoms with Crippen molar-refractivity contribution in [1.82, 2.24) is 0 Å². The molecule has 44 valence electrons. The predicted octanol–water partition coefficient (Wildman–Crippen LogP) is 0.699. The van der Waals surface area contributed by atoms with Gasteiger partial charge in [0.15, 0.2) is 8.87 Å². The summed E-state index contributed by atoms with van der Waals surface area (Å²) in [4.78, 5) is 0. The number of rotatable bonds is 2. The van der Waals surface area contributed by atoms with Crippen LogP contribution < -0.4 is 0 Å². The molecule has 0 saturated heterocycles. The molecule has 0 unspecified atom stereocenters. The fourth-order valence-corrected chi connectivity index (χ4v) is 1.93. The van der Waals surface area contributed by atoms with E-state index in [0.29, 0.717) is 5.75 Å². The average Bonchev–Trinajstić information content (AvgIpc) is 1.30. The third kappa shape index (κ3) is 6.30. The van der Waals surface area contributed by atoms with Crippen LogP contribution in [-0.4, -0.2) is 20.4 Å². The molecule has 0 radical (unpaired) electrons. The third-order valence-electron chi connectivity index (χ3n) is 0.332. The van der Waals surface area contributed by atoms with E-state index in [9.17, 15) is 8.42 Å². The lowest BCUT2D eigenvalue weighted by molar-refractivity contribution is 0.615. The Balaban J connectivity index is 3.60. The van der Waals surface area contributed by atoms with E-state index in [2.05, 4.69) is 0 Å². The van der Waals surface area contributed by atoms with Crippen LogP contribution in [0.2, 0.25) is 0 Å². The highest BCUT2D eigenvalue weighted by molar-refractivity contribution is 8.71. The molecule has 0 atom stereocenters. The maximum atomic E-state index is 10.2. The maximum Gasteiger partial charge on any atom is 0.198 e. The van der Waals surface area contributed by atoms with Crippen molar-refractivity contribution in [1.29, 1.82) is 0 Å². The second kappa shape index (κ2) is 2.57. The van der Waals surface area contributed by atoms with Gasteiger partial charge in [-0.25, -0.2) is 8.42 Å². The Hall–Kier alpha value is 0.300. The molecule has 7 heavy (non-hydrogen) atoms. The quantitative estimate of drug-likeness (QED) is 0.529. The van der Waals surface area contributed by atoms with Crippen LogP contribution in [-0.2, 0) is 8.87 Å². The van der Waals surface area contributed by atoms with E-state index in [4.69, 9.17) is 0 Å². The van der Waals surface area contributed by atoms with Crippen molar-refractivity contribution in [2.45, 2.75) is 6.92 Å². The molecule has 0 bridgehead atoms. The van der Waals surface area contributed by atoms with Crippen molar-refractivity contribution >= 4 is 19.7 Å². The lowest BCUT2D eigenvalue weighted by atomic mass is 11.0. The van der Waals surface area contributed by atoms with Gasteiger partial charge in [-0.1, -0.05) is 6.92 Å². The maximum absolute atomic E-state index is 10.2. The average molecular weight is 140 g/mol. The Morgan fingerprint density at radius 3 is 2.00 bits per heavy atom. The van der Waals surface area contributed by atoms with E-state index < -0.39 is 8.87 Å². The van der Waals surface area contributed by atoms with Gasteiger partial charge >= 0.3 is 0 Å². The predicted molar refractivity (Wildman–Crippen MR) is 33.0 cm³/mol. The highest BCUT2D eigenvalue weighted by atomic mass is 33.1. The first-order chi connectivity index (χ1) is 3.06. The van der Waals surface area contributed by atoms with Crippen LogP contribution >= 0.6 is 10.8 Å². The Morgan fingerprint density at radius 2 is 2.00 bits per heavy atom. The zero-order valence-corrected chi connectivity index (χ0v) is 5.97. The van der Waals surface area contributed by atoms with E-state index >= 15 is 0 Å². The Kier molecular flexibility index (Phi) is 2.68. The molecule has 0 aromatic carbocycles. The summed E-state index contributed by atoms with van der Waals surface area (Å²) in [6, 6.07) is 0. The van der Waals surface area contributed by atoms with Crippen LogP contribution in [0.4, 0.5) is 0 Å². The van der Waals surface area contributed by atoms with E-state index in [1.807, 2.05) is 6.92 Å². The summed E-state index contributed by atoms with van der Waals surface area (Å²) in [6.07, 6.45) is 1.21. The lowest BCUT2D eigenvalue weighted by Gasteiger charge is -1.86. The first-order valence-electron chi connectivity index (χ1n) is 1.90. The van der Waals surface area contributed by atoms with Gasteiger partial charge in [0.05, 0.1) is 0 Å². The molecule has 0 fully saturated rings. The van der Waals surface area contributed by atoms with Gasteiger partial charge in [-0.05, 0) is 10.8 Å². The van der Waals surface area contributed by atoms with Gasteiger partial charge < -0.3 is 0 Å². The number of hydrogen-bond donors (Lipinski definition) is 0. The van der Waals surface area contributed by atoms with Crippen molar-refractivity contribution < 1.29 is 8.42 Å². The molecule has 0 rings (SSSR count). The van der Waals surface area contributed by atoms with Crippen molar-refractivity contribution in [3.63, 3.8) is 0 Å². The Labute approximate surface area is 47.6 Å².